The van der Waals surface area contributed by atoms with Crippen LogP contribution in [-0.2, 0) is 11.2 Å². The minimum absolute atomic E-state index is 0.0480. The number of carbonyl (C=O) groups excluding carboxylic acids is 2. The van der Waals surface area contributed by atoms with Crippen LogP contribution in [0.3, 0.4) is 0 Å². The van der Waals surface area contributed by atoms with Gasteiger partial charge in [-0.05, 0) is 58.4 Å². The molecule has 0 aliphatic rings. The molecule has 0 spiro atoms. The molecule has 13 heteroatoms. The Morgan fingerprint density at radius 2 is 1.78 bits per heavy atom. The smallest absolute Gasteiger partial charge is 0.251 e. The molecule has 0 unspecified atom stereocenters. The number of nitrogens with zero attached hydrogens (tertiary/aromatic N) is 2. The molecule has 41 heavy (non-hydrogen) atoms. The number of nitriles is 1. The Hall–Kier alpha value is -3.24. The second kappa shape index (κ2) is 15.7. The van der Waals surface area contributed by atoms with Crippen LogP contribution in [0.1, 0.15) is 21.5 Å². The van der Waals surface area contributed by atoms with Crippen molar-refractivity contribution in [2.75, 3.05) is 44.7 Å². The number of anilines is 1. The summed E-state index contributed by atoms with van der Waals surface area (Å²) in [6, 6.07) is 13.6. The van der Waals surface area contributed by atoms with Crippen LogP contribution in [0.2, 0.25) is 10.0 Å². The van der Waals surface area contributed by atoms with E-state index in [-0.39, 0.29) is 76.0 Å². The van der Waals surface area contributed by atoms with E-state index in [0.717, 1.165) is 0 Å². The van der Waals surface area contributed by atoms with Gasteiger partial charge in [-0.2, -0.15) is 5.26 Å². The molecular weight excluding hydrogens is 642 g/mol. The number of nitrogens with one attached hydrogen (secondary N) is 2. The first-order valence-corrected chi connectivity index (χ1v) is 13.9. The van der Waals surface area contributed by atoms with E-state index in [1.54, 1.807) is 4.90 Å². The van der Waals surface area contributed by atoms with Crippen LogP contribution < -0.4 is 15.4 Å². The van der Waals surface area contributed by atoms with Crippen LogP contribution in [0.4, 0.5) is 10.1 Å². The van der Waals surface area contributed by atoms with Gasteiger partial charge < -0.3 is 25.6 Å². The van der Waals surface area contributed by atoms with Crippen LogP contribution in [0.15, 0.2) is 53.0 Å². The molecule has 3 aromatic rings. The summed E-state index contributed by atoms with van der Waals surface area (Å²) in [7, 11) is 0. The first-order chi connectivity index (χ1) is 19.6. The van der Waals surface area contributed by atoms with Gasteiger partial charge in [0.25, 0.3) is 5.91 Å². The number of amides is 2. The zero-order valence-electron chi connectivity index (χ0n) is 21.6. The zero-order chi connectivity index (χ0) is 29.9. The molecule has 0 aliphatic heterocycles. The van der Waals surface area contributed by atoms with E-state index in [2.05, 4.69) is 26.6 Å². The third-order valence-corrected chi connectivity index (χ3v) is 6.91. The van der Waals surface area contributed by atoms with Crippen molar-refractivity contribution in [3.8, 4) is 17.6 Å². The molecule has 3 aromatic carbocycles. The lowest BCUT2D eigenvalue weighted by Gasteiger charge is -2.20. The van der Waals surface area contributed by atoms with Gasteiger partial charge in [-0.1, -0.05) is 29.3 Å². The average molecular weight is 668 g/mol. The van der Waals surface area contributed by atoms with Gasteiger partial charge in [0.15, 0.2) is 11.6 Å². The second-order valence-corrected chi connectivity index (χ2v) is 10.4. The number of carbonyl (C=O) groups is 2. The van der Waals surface area contributed by atoms with Crippen molar-refractivity contribution in [2.24, 2.45) is 0 Å². The molecule has 0 radical (unpaired) electrons. The zero-order valence-corrected chi connectivity index (χ0v) is 24.7. The molecule has 0 atom stereocenters. The quantitative estimate of drug-likeness (QED) is 0.207. The van der Waals surface area contributed by atoms with Gasteiger partial charge in [0.1, 0.15) is 5.75 Å². The summed E-state index contributed by atoms with van der Waals surface area (Å²) in [4.78, 5) is 27.0. The number of hydrogen-bond acceptors (Lipinski definition) is 7. The van der Waals surface area contributed by atoms with E-state index in [1.165, 1.54) is 48.5 Å². The van der Waals surface area contributed by atoms with Crippen LogP contribution >= 0.6 is 39.1 Å². The first kappa shape index (κ1) is 32.3. The van der Waals surface area contributed by atoms with Gasteiger partial charge >= 0.3 is 0 Å². The first-order valence-electron chi connectivity index (χ1n) is 12.3. The summed E-state index contributed by atoms with van der Waals surface area (Å²) in [6.07, 6.45) is -0.342. The van der Waals surface area contributed by atoms with Gasteiger partial charge in [-0.25, -0.2) is 4.39 Å². The summed E-state index contributed by atoms with van der Waals surface area (Å²) >= 11 is 15.5. The lowest BCUT2D eigenvalue weighted by molar-refractivity contribution is -0.115. The highest BCUT2D eigenvalue weighted by atomic mass is 79.9. The Labute approximate surface area is 254 Å². The second-order valence-electron chi connectivity index (χ2n) is 8.70. The molecule has 9 nitrogen and oxygen atoms in total. The van der Waals surface area contributed by atoms with Crippen LogP contribution in [0.25, 0.3) is 0 Å². The van der Waals surface area contributed by atoms with Gasteiger partial charge in [0.2, 0.25) is 5.91 Å². The molecule has 3 rings (SSSR count). The minimum Gasteiger partial charge on any atom is -0.453 e. The topological polar surface area (TPSA) is 135 Å². The van der Waals surface area contributed by atoms with E-state index in [0.29, 0.717) is 24.1 Å². The molecule has 0 aliphatic carbocycles. The largest absolute Gasteiger partial charge is 0.453 e. The maximum Gasteiger partial charge on any atom is 0.251 e. The maximum atomic E-state index is 15.3. The van der Waals surface area contributed by atoms with Crippen molar-refractivity contribution in [1.82, 2.24) is 10.2 Å². The molecule has 0 aromatic heterocycles. The fourth-order valence-corrected chi connectivity index (χ4v) is 4.62. The van der Waals surface area contributed by atoms with Gasteiger partial charge in [0.05, 0.1) is 46.4 Å². The Balaban J connectivity index is 1.64. The predicted octanol–water partition coefficient (Wildman–Crippen LogP) is 4.76. The number of hydrogen-bond donors (Lipinski definition) is 4. The molecule has 0 bridgehead atoms. The van der Waals surface area contributed by atoms with E-state index >= 15 is 4.39 Å². The number of aliphatic hydroxyl groups is 2. The molecule has 0 saturated carbocycles. The van der Waals surface area contributed by atoms with Crippen molar-refractivity contribution < 1.29 is 28.9 Å². The fourth-order valence-electron chi connectivity index (χ4n) is 3.78. The number of halogens is 4. The van der Waals surface area contributed by atoms with Crippen LogP contribution in [0.5, 0.6) is 11.5 Å². The Bertz CT molecular complexity index is 1450. The molecular formula is C28H26BrCl2FN4O5. The molecule has 0 saturated heterocycles. The monoisotopic (exact) mass is 666 g/mol. The summed E-state index contributed by atoms with van der Waals surface area (Å²) in [6.45, 7) is 1.35. The van der Waals surface area contributed by atoms with Crippen LogP contribution in [-0.4, -0.2) is 66.3 Å². The number of ether oxygens (including phenoxy) is 1. The van der Waals surface area contributed by atoms with Gasteiger partial charge in [-0.15, -0.1) is 0 Å². The lowest BCUT2D eigenvalue weighted by atomic mass is 10.1. The van der Waals surface area contributed by atoms with Crippen LogP contribution in [0, 0.1) is 17.1 Å². The van der Waals surface area contributed by atoms with E-state index in [9.17, 15) is 9.59 Å². The van der Waals surface area contributed by atoms with E-state index < -0.39 is 11.7 Å². The predicted molar refractivity (Wildman–Crippen MR) is 157 cm³/mol. The van der Waals surface area contributed by atoms with E-state index in [4.69, 9.17) is 43.4 Å². The summed E-state index contributed by atoms with van der Waals surface area (Å²) < 4.78 is 21.3. The number of benzene rings is 3. The normalized spacial score (nSPS) is 10.8. The average Bonchev–Trinajstić information content (AvgIpc) is 2.93. The third-order valence-electron chi connectivity index (χ3n) is 5.75. The Morgan fingerprint density at radius 1 is 1.05 bits per heavy atom. The highest BCUT2D eigenvalue weighted by molar-refractivity contribution is 9.10. The van der Waals surface area contributed by atoms with Gasteiger partial charge in [-0.3, -0.25) is 14.5 Å². The summed E-state index contributed by atoms with van der Waals surface area (Å²) in [5, 5.41) is 33.0. The summed E-state index contributed by atoms with van der Waals surface area (Å²) in [5.41, 5.74) is 0.793. The van der Waals surface area contributed by atoms with Crippen molar-refractivity contribution in [2.45, 2.75) is 6.42 Å². The highest BCUT2D eigenvalue weighted by Crippen LogP contribution is 2.36. The molecule has 0 fully saturated rings. The summed E-state index contributed by atoms with van der Waals surface area (Å²) in [5.74, 6) is -1.74. The lowest BCUT2D eigenvalue weighted by Crippen LogP contribution is -2.37. The van der Waals surface area contributed by atoms with Crippen molar-refractivity contribution in [3.63, 3.8) is 0 Å². The molecule has 216 valence electrons. The van der Waals surface area contributed by atoms with E-state index in [1.807, 2.05) is 6.07 Å². The van der Waals surface area contributed by atoms with Gasteiger partial charge in [0, 0.05) is 42.3 Å². The standard InChI is InChI=1S/C28H26BrCl2FN4O5/c29-22-3-1-18(26(32)27(22)41-21-12-17(16-33)11-20(30)15-21)14-25(39)35-24-4-2-19(13-23(24)31)28(40)34-5-6-36(7-9-37)8-10-38/h1-4,11-13,15,37-38H,5-10,14H2,(H,34,40)(H,35,39). The highest BCUT2D eigenvalue weighted by Gasteiger charge is 2.18. The van der Waals surface area contributed by atoms with Crippen molar-refractivity contribution in [3.05, 3.63) is 85.6 Å². The SMILES string of the molecule is N#Cc1cc(Cl)cc(Oc2c(Br)ccc(CC(=O)Nc3ccc(C(=O)NCCN(CCO)CCO)cc3Cl)c2F)c1. The van der Waals surface area contributed by atoms with Crippen molar-refractivity contribution >= 4 is 56.6 Å². The van der Waals surface area contributed by atoms with Crippen molar-refractivity contribution in [1.29, 1.82) is 5.26 Å². The number of aliphatic hydroxyl groups excluding tert-OH is 2. The minimum atomic E-state index is -0.775. The Kier molecular flexibility index (Phi) is 12.3. The maximum absolute atomic E-state index is 15.3. The molecule has 4 N–H and O–H groups in total. The Morgan fingerprint density at radius 3 is 2.44 bits per heavy atom. The number of rotatable bonds is 13. The molecule has 0 heterocycles. The fraction of sp³-hybridized carbons (Fsp3) is 0.250. The third kappa shape index (κ3) is 9.39. The molecule has 2 amide bonds.